The fourth-order valence-corrected chi connectivity index (χ4v) is 2.95. The predicted molar refractivity (Wildman–Crippen MR) is 111 cm³/mol. The summed E-state index contributed by atoms with van der Waals surface area (Å²) >= 11 is 0. The van der Waals surface area contributed by atoms with E-state index >= 15 is 0 Å². The quantitative estimate of drug-likeness (QED) is 0.813. The maximum atomic E-state index is 13.0. The topological polar surface area (TPSA) is 84.4 Å². The van der Waals surface area contributed by atoms with Crippen LogP contribution in [0.3, 0.4) is 0 Å². The molecule has 1 N–H and O–H groups in total. The summed E-state index contributed by atoms with van der Waals surface area (Å²) in [7, 11) is 0. The van der Waals surface area contributed by atoms with Gasteiger partial charge in [-0.25, -0.2) is 19.2 Å². The fraction of sp³-hybridized carbons (Fsp3) is 0.364. The lowest BCUT2D eigenvalue weighted by molar-refractivity contribution is 0.0236. The third-order valence-electron chi connectivity index (χ3n) is 4.38. The lowest BCUT2D eigenvalue weighted by Gasteiger charge is -2.31. The lowest BCUT2D eigenvalue weighted by Crippen LogP contribution is -2.40. The maximum Gasteiger partial charge on any atom is 0.410 e. The molecule has 0 atom stereocenters. The second kappa shape index (κ2) is 9.02. The van der Waals surface area contributed by atoms with Crippen molar-refractivity contribution in [3.63, 3.8) is 0 Å². The number of anilines is 1. The van der Waals surface area contributed by atoms with Crippen LogP contribution in [0, 0.1) is 5.82 Å². The summed E-state index contributed by atoms with van der Waals surface area (Å²) in [6, 6.07) is 7.81. The first-order chi connectivity index (χ1) is 14.2. The molecule has 0 saturated carbocycles. The van der Waals surface area contributed by atoms with Gasteiger partial charge in [-0.15, -0.1) is 0 Å². The smallest absolute Gasteiger partial charge is 0.410 e. The Morgan fingerprint density at radius 2 is 1.90 bits per heavy atom. The molecule has 0 aliphatic carbocycles. The number of piperidine rings is 1. The highest BCUT2D eigenvalue weighted by molar-refractivity contribution is 6.02. The van der Waals surface area contributed by atoms with Crippen LogP contribution in [0.15, 0.2) is 42.1 Å². The number of carbonyl (C=O) groups excluding carboxylic acids is 2. The van der Waals surface area contributed by atoms with Crippen molar-refractivity contribution in [3.8, 4) is 0 Å². The van der Waals surface area contributed by atoms with Crippen LogP contribution < -0.4 is 5.32 Å². The van der Waals surface area contributed by atoms with E-state index in [0.29, 0.717) is 24.6 Å². The van der Waals surface area contributed by atoms with Crippen LogP contribution in [0.2, 0.25) is 0 Å². The molecule has 0 aromatic carbocycles. The maximum absolute atomic E-state index is 13.0. The highest BCUT2D eigenvalue weighted by Gasteiger charge is 2.24. The molecular weight excluding hydrogens is 387 g/mol. The zero-order valence-corrected chi connectivity index (χ0v) is 17.3. The summed E-state index contributed by atoms with van der Waals surface area (Å²) in [5, 5.41) is 2.67. The van der Waals surface area contributed by atoms with Crippen LogP contribution in [0.5, 0.6) is 0 Å². The lowest BCUT2D eigenvalue weighted by atomic mass is 10.0. The number of hydrogen-bond acceptors (Lipinski definition) is 5. The average Bonchev–Trinajstić information content (AvgIpc) is 2.68. The van der Waals surface area contributed by atoms with Crippen molar-refractivity contribution in [2.45, 2.75) is 39.2 Å². The Labute approximate surface area is 175 Å². The molecule has 0 unspecified atom stereocenters. The van der Waals surface area contributed by atoms with Crippen molar-refractivity contribution in [2.75, 3.05) is 18.4 Å². The van der Waals surface area contributed by atoms with Crippen molar-refractivity contribution >= 4 is 23.9 Å². The van der Waals surface area contributed by atoms with Gasteiger partial charge in [-0.05, 0) is 64.0 Å². The molecule has 1 aliphatic rings. The van der Waals surface area contributed by atoms with Gasteiger partial charge in [0, 0.05) is 13.1 Å². The van der Waals surface area contributed by atoms with Gasteiger partial charge in [-0.1, -0.05) is 11.6 Å². The number of likely N-dealkylation sites (tertiary alicyclic amines) is 1. The number of halogens is 1. The zero-order chi connectivity index (χ0) is 21.7. The van der Waals surface area contributed by atoms with Gasteiger partial charge < -0.3 is 15.0 Å². The normalized spacial score (nSPS) is 14.3. The van der Waals surface area contributed by atoms with E-state index in [1.165, 1.54) is 17.7 Å². The van der Waals surface area contributed by atoms with Crippen LogP contribution >= 0.6 is 0 Å². The van der Waals surface area contributed by atoms with Crippen LogP contribution in [0.4, 0.5) is 15.0 Å². The first kappa shape index (κ1) is 21.4. The molecule has 0 bridgehead atoms. The van der Waals surface area contributed by atoms with Gasteiger partial charge in [0.25, 0.3) is 5.91 Å². The van der Waals surface area contributed by atoms with E-state index in [-0.39, 0.29) is 11.8 Å². The van der Waals surface area contributed by atoms with Crippen molar-refractivity contribution < 1.29 is 18.7 Å². The van der Waals surface area contributed by atoms with E-state index in [0.717, 1.165) is 19.0 Å². The highest BCUT2D eigenvalue weighted by atomic mass is 19.1. The molecular formula is C22H25FN4O3. The van der Waals surface area contributed by atoms with Crippen molar-refractivity contribution in [2.24, 2.45) is 0 Å². The van der Waals surface area contributed by atoms with Gasteiger partial charge in [0.05, 0.1) is 11.9 Å². The van der Waals surface area contributed by atoms with Crippen molar-refractivity contribution in [3.05, 3.63) is 59.3 Å². The number of aromatic nitrogens is 2. The number of ether oxygens (including phenoxy) is 1. The molecule has 0 radical (unpaired) electrons. The molecule has 2 amide bonds. The summed E-state index contributed by atoms with van der Waals surface area (Å²) < 4.78 is 18.4. The summed E-state index contributed by atoms with van der Waals surface area (Å²) in [5.74, 6) is -0.583. The predicted octanol–water partition coefficient (Wildman–Crippen LogP) is 4.28. The zero-order valence-electron chi connectivity index (χ0n) is 17.3. The van der Waals surface area contributed by atoms with Crippen LogP contribution in [0.1, 0.15) is 49.8 Å². The van der Waals surface area contributed by atoms with Crippen LogP contribution in [-0.4, -0.2) is 45.6 Å². The number of rotatable bonds is 3. The third kappa shape index (κ3) is 6.10. The Balaban J connectivity index is 1.60. The average molecular weight is 412 g/mol. The second-order valence-corrected chi connectivity index (χ2v) is 8.03. The van der Waals surface area contributed by atoms with E-state index in [1.54, 1.807) is 17.0 Å². The summed E-state index contributed by atoms with van der Waals surface area (Å²) in [6.07, 6.45) is 4.14. The van der Waals surface area contributed by atoms with Crippen LogP contribution in [-0.2, 0) is 4.74 Å². The van der Waals surface area contributed by atoms with Crippen molar-refractivity contribution in [1.82, 2.24) is 14.9 Å². The molecule has 1 saturated heterocycles. The minimum absolute atomic E-state index is 0.108. The Kier molecular flexibility index (Phi) is 6.44. The van der Waals surface area contributed by atoms with Gasteiger partial charge in [0.2, 0.25) is 0 Å². The number of carbonyl (C=O) groups is 2. The molecule has 1 aliphatic heterocycles. The summed E-state index contributed by atoms with van der Waals surface area (Å²) in [4.78, 5) is 34.3. The molecule has 2 aromatic heterocycles. The van der Waals surface area contributed by atoms with Gasteiger partial charge in [0.1, 0.15) is 22.9 Å². The van der Waals surface area contributed by atoms with E-state index in [4.69, 9.17) is 4.74 Å². The number of nitrogens with one attached hydrogen (secondary N) is 1. The van der Waals surface area contributed by atoms with Crippen LogP contribution in [0.25, 0.3) is 6.08 Å². The minimum atomic E-state index is -0.509. The molecule has 8 heteroatoms. The van der Waals surface area contributed by atoms with E-state index < -0.39 is 17.3 Å². The van der Waals surface area contributed by atoms with E-state index in [1.807, 2.05) is 32.9 Å². The minimum Gasteiger partial charge on any atom is -0.444 e. The largest absolute Gasteiger partial charge is 0.444 e. The molecule has 1 fully saturated rings. The molecule has 30 heavy (non-hydrogen) atoms. The fourth-order valence-electron chi connectivity index (χ4n) is 2.95. The molecule has 158 valence electrons. The Morgan fingerprint density at radius 3 is 2.53 bits per heavy atom. The molecule has 0 spiro atoms. The summed E-state index contributed by atoms with van der Waals surface area (Å²) in [6.45, 7) is 6.73. The van der Waals surface area contributed by atoms with Gasteiger partial charge >= 0.3 is 6.09 Å². The SMILES string of the molecule is CC(C)(C)OC(=O)N1CCC(=Cc2cccc(NC(=O)c3ccc(F)cn3)n2)CC1. The number of hydrogen-bond donors (Lipinski definition) is 1. The molecule has 3 heterocycles. The van der Waals surface area contributed by atoms with Crippen molar-refractivity contribution in [1.29, 1.82) is 0 Å². The summed E-state index contributed by atoms with van der Waals surface area (Å²) in [5.41, 5.74) is 1.48. The second-order valence-electron chi connectivity index (χ2n) is 8.03. The standard InChI is InChI=1S/C22H25FN4O3/c1-22(2,3)30-21(29)27-11-9-15(10-12-27)13-17-5-4-6-19(25-17)26-20(28)18-8-7-16(23)14-24-18/h4-8,13-14H,9-12H2,1-3H3,(H,25,26,28). The monoisotopic (exact) mass is 412 g/mol. The number of pyridine rings is 2. The third-order valence-corrected chi connectivity index (χ3v) is 4.38. The van der Waals surface area contributed by atoms with Gasteiger partial charge in [-0.2, -0.15) is 0 Å². The van der Waals surface area contributed by atoms with Gasteiger partial charge in [0.15, 0.2) is 0 Å². The Morgan fingerprint density at radius 1 is 1.17 bits per heavy atom. The highest BCUT2D eigenvalue weighted by Crippen LogP contribution is 2.21. The van der Waals surface area contributed by atoms with Gasteiger partial charge in [-0.3, -0.25) is 4.79 Å². The first-order valence-corrected chi connectivity index (χ1v) is 9.77. The Hall–Kier alpha value is -3.29. The first-order valence-electron chi connectivity index (χ1n) is 9.77. The Bertz CT molecular complexity index is 942. The van der Waals surface area contributed by atoms with E-state index in [2.05, 4.69) is 15.3 Å². The van der Waals surface area contributed by atoms with E-state index in [9.17, 15) is 14.0 Å². The molecule has 2 aromatic rings. The molecule has 3 rings (SSSR count). The molecule has 7 nitrogen and oxygen atoms in total. The number of amides is 2. The number of nitrogens with zero attached hydrogens (tertiary/aromatic N) is 3.